The molecule has 0 aliphatic carbocycles. The van der Waals surface area contributed by atoms with E-state index in [9.17, 15) is 0 Å². The second-order valence-corrected chi connectivity index (χ2v) is 4.73. The molecule has 3 heteroatoms. The standard InChI is InChI=1S/C10H21N3/c1-12-6-9(7-12)2-4-13-5-3-10(11)8-13/h9-10H,2-8,11H2,1H3. The monoisotopic (exact) mass is 183 g/mol. The Bertz CT molecular complexity index is 166. The van der Waals surface area contributed by atoms with Gasteiger partial charge in [0, 0.05) is 25.7 Å². The molecule has 2 rings (SSSR count). The van der Waals surface area contributed by atoms with Crippen molar-refractivity contribution in [2.45, 2.75) is 18.9 Å². The van der Waals surface area contributed by atoms with Crippen molar-refractivity contribution in [2.75, 3.05) is 39.8 Å². The van der Waals surface area contributed by atoms with Gasteiger partial charge in [0.25, 0.3) is 0 Å². The molecule has 0 amide bonds. The van der Waals surface area contributed by atoms with Crippen molar-refractivity contribution in [1.82, 2.24) is 9.80 Å². The predicted octanol–water partition coefficient (Wildman–Crippen LogP) is -0.0289. The van der Waals surface area contributed by atoms with Crippen molar-refractivity contribution in [3.8, 4) is 0 Å². The minimum atomic E-state index is 0.448. The molecule has 0 radical (unpaired) electrons. The first-order chi connectivity index (χ1) is 6.24. The van der Waals surface area contributed by atoms with Crippen LogP contribution in [0.2, 0.25) is 0 Å². The highest BCUT2D eigenvalue weighted by Crippen LogP contribution is 2.18. The van der Waals surface area contributed by atoms with Gasteiger partial charge in [-0.25, -0.2) is 0 Å². The Morgan fingerprint density at radius 2 is 2.08 bits per heavy atom. The highest BCUT2D eigenvalue weighted by molar-refractivity contribution is 4.81. The lowest BCUT2D eigenvalue weighted by Gasteiger charge is -2.37. The van der Waals surface area contributed by atoms with Crippen LogP contribution in [0.3, 0.4) is 0 Å². The van der Waals surface area contributed by atoms with E-state index < -0.39 is 0 Å². The van der Waals surface area contributed by atoms with Gasteiger partial charge in [-0.2, -0.15) is 0 Å². The third kappa shape index (κ3) is 2.42. The topological polar surface area (TPSA) is 32.5 Å². The van der Waals surface area contributed by atoms with Gasteiger partial charge in [-0.1, -0.05) is 0 Å². The Kier molecular flexibility index (Phi) is 2.86. The molecule has 76 valence electrons. The number of hydrogen-bond acceptors (Lipinski definition) is 3. The fourth-order valence-electron chi connectivity index (χ4n) is 2.44. The van der Waals surface area contributed by atoms with Gasteiger partial charge in [-0.3, -0.25) is 0 Å². The van der Waals surface area contributed by atoms with Gasteiger partial charge in [-0.05, 0) is 38.9 Å². The molecule has 0 saturated carbocycles. The van der Waals surface area contributed by atoms with E-state index in [1.54, 1.807) is 0 Å². The zero-order valence-corrected chi connectivity index (χ0v) is 8.58. The summed E-state index contributed by atoms with van der Waals surface area (Å²) < 4.78 is 0. The third-order valence-corrected chi connectivity index (χ3v) is 3.30. The summed E-state index contributed by atoms with van der Waals surface area (Å²) in [5.41, 5.74) is 5.85. The summed E-state index contributed by atoms with van der Waals surface area (Å²) in [5, 5.41) is 0. The lowest BCUT2D eigenvalue weighted by molar-refractivity contribution is 0.116. The average Bonchev–Trinajstić information content (AvgIpc) is 2.43. The minimum absolute atomic E-state index is 0.448. The SMILES string of the molecule is CN1CC(CCN2CCC(N)C2)C1. The normalized spacial score (nSPS) is 32.3. The molecule has 2 N–H and O–H groups in total. The van der Waals surface area contributed by atoms with E-state index in [1.807, 2.05) is 0 Å². The quantitative estimate of drug-likeness (QED) is 0.667. The fourth-order valence-corrected chi connectivity index (χ4v) is 2.44. The van der Waals surface area contributed by atoms with Crippen molar-refractivity contribution in [1.29, 1.82) is 0 Å². The molecule has 2 aliphatic heterocycles. The number of rotatable bonds is 3. The largest absolute Gasteiger partial charge is 0.326 e. The van der Waals surface area contributed by atoms with Crippen LogP contribution in [0, 0.1) is 5.92 Å². The van der Waals surface area contributed by atoms with E-state index in [2.05, 4.69) is 16.8 Å². The maximum Gasteiger partial charge on any atom is 0.0180 e. The van der Waals surface area contributed by atoms with Crippen LogP contribution in [0.5, 0.6) is 0 Å². The van der Waals surface area contributed by atoms with E-state index in [0.29, 0.717) is 6.04 Å². The Balaban J connectivity index is 1.58. The number of nitrogens with zero attached hydrogens (tertiary/aromatic N) is 2. The predicted molar refractivity (Wildman–Crippen MR) is 54.6 cm³/mol. The Morgan fingerprint density at radius 1 is 1.31 bits per heavy atom. The molecule has 13 heavy (non-hydrogen) atoms. The molecule has 0 aromatic carbocycles. The van der Waals surface area contributed by atoms with Crippen molar-refractivity contribution in [3.05, 3.63) is 0 Å². The van der Waals surface area contributed by atoms with E-state index in [1.165, 1.54) is 39.0 Å². The van der Waals surface area contributed by atoms with Crippen LogP contribution in [0.1, 0.15) is 12.8 Å². The summed E-state index contributed by atoms with van der Waals surface area (Å²) in [6.45, 7) is 6.23. The molecule has 2 fully saturated rings. The molecule has 2 aliphatic rings. The maximum atomic E-state index is 5.85. The van der Waals surface area contributed by atoms with Crippen LogP contribution >= 0.6 is 0 Å². The molecule has 0 spiro atoms. The molecule has 1 atom stereocenters. The average molecular weight is 183 g/mol. The van der Waals surface area contributed by atoms with Gasteiger partial charge in [0.1, 0.15) is 0 Å². The van der Waals surface area contributed by atoms with Crippen molar-refractivity contribution >= 4 is 0 Å². The second-order valence-electron chi connectivity index (χ2n) is 4.73. The second kappa shape index (κ2) is 3.95. The fraction of sp³-hybridized carbons (Fsp3) is 1.00. The Labute approximate surface area is 80.9 Å². The van der Waals surface area contributed by atoms with E-state index in [4.69, 9.17) is 5.73 Å². The van der Waals surface area contributed by atoms with Crippen LogP contribution in [0.25, 0.3) is 0 Å². The zero-order valence-electron chi connectivity index (χ0n) is 8.58. The lowest BCUT2D eigenvalue weighted by Crippen LogP contribution is -2.45. The summed E-state index contributed by atoms with van der Waals surface area (Å²) in [5.74, 6) is 0.960. The summed E-state index contributed by atoms with van der Waals surface area (Å²) in [6.07, 6.45) is 2.57. The van der Waals surface area contributed by atoms with Gasteiger partial charge < -0.3 is 15.5 Å². The molecular weight excluding hydrogens is 162 g/mol. The molecule has 0 bridgehead atoms. The summed E-state index contributed by atoms with van der Waals surface area (Å²) in [7, 11) is 2.20. The maximum absolute atomic E-state index is 5.85. The highest BCUT2D eigenvalue weighted by Gasteiger charge is 2.25. The van der Waals surface area contributed by atoms with Crippen LogP contribution in [0.15, 0.2) is 0 Å². The van der Waals surface area contributed by atoms with Crippen molar-refractivity contribution in [3.63, 3.8) is 0 Å². The summed E-state index contributed by atoms with van der Waals surface area (Å²) in [6, 6.07) is 0.448. The van der Waals surface area contributed by atoms with Crippen molar-refractivity contribution in [2.24, 2.45) is 11.7 Å². The van der Waals surface area contributed by atoms with Gasteiger partial charge >= 0.3 is 0 Å². The Morgan fingerprint density at radius 3 is 2.62 bits per heavy atom. The van der Waals surface area contributed by atoms with E-state index in [0.717, 1.165) is 12.5 Å². The highest BCUT2D eigenvalue weighted by atomic mass is 15.2. The minimum Gasteiger partial charge on any atom is -0.326 e. The van der Waals surface area contributed by atoms with E-state index in [-0.39, 0.29) is 0 Å². The van der Waals surface area contributed by atoms with E-state index >= 15 is 0 Å². The number of likely N-dealkylation sites (tertiary alicyclic amines) is 2. The van der Waals surface area contributed by atoms with Gasteiger partial charge in [0.2, 0.25) is 0 Å². The van der Waals surface area contributed by atoms with Crippen molar-refractivity contribution < 1.29 is 0 Å². The Hall–Kier alpha value is -0.120. The molecule has 1 unspecified atom stereocenters. The summed E-state index contributed by atoms with van der Waals surface area (Å²) in [4.78, 5) is 4.91. The molecule has 2 saturated heterocycles. The van der Waals surface area contributed by atoms with Crippen LogP contribution in [-0.2, 0) is 0 Å². The zero-order chi connectivity index (χ0) is 9.26. The van der Waals surface area contributed by atoms with Crippen LogP contribution in [-0.4, -0.2) is 55.6 Å². The first kappa shape index (κ1) is 9.44. The number of hydrogen-bond donors (Lipinski definition) is 1. The molecule has 0 aromatic heterocycles. The molecule has 2 heterocycles. The smallest absolute Gasteiger partial charge is 0.0180 e. The van der Waals surface area contributed by atoms with Gasteiger partial charge in [-0.15, -0.1) is 0 Å². The molecule has 0 aromatic rings. The number of nitrogens with two attached hydrogens (primary N) is 1. The summed E-state index contributed by atoms with van der Waals surface area (Å²) >= 11 is 0. The first-order valence-electron chi connectivity index (χ1n) is 5.40. The lowest BCUT2D eigenvalue weighted by atomic mass is 9.97. The first-order valence-corrected chi connectivity index (χ1v) is 5.40. The van der Waals surface area contributed by atoms with Gasteiger partial charge in [0.05, 0.1) is 0 Å². The van der Waals surface area contributed by atoms with Crippen LogP contribution < -0.4 is 5.73 Å². The molecule has 3 nitrogen and oxygen atoms in total. The van der Waals surface area contributed by atoms with Crippen LogP contribution in [0.4, 0.5) is 0 Å². The van der Waals surface area contributed by atoms with Gasteiger partial charge in [0.15, 0.2) is 0 Å². The molecular formula is C10H21N3. The third-order valence-electron chi connectivity index (χ3n) is 3.30.